The largest absolute Gasteiger partial charge is 0.872 e. The van der Waals surface area contributed by atoms with Crippen molar-refractivity contribution in [2.24, 2.45) is 0 Å². The molecule has 200 valence electrons. The first kappa shape index (κ1) is 25.8. The van der Waals surface area contributed by atoms with Gasteiger partial charge in [-0.1, -0.05) is 36.6 Å². The highest BCUT2D eigenvalue weighted by Gasteiger charge is 2.44. The predicted octanol–water partition coefficient (Wildman–Crippen LogP) is 0.552. The monoisotopic (exact) mass is 520 g/mol. The molecule has 9 heteroatoms. The minimum atomic E-state index is -0.817. The standard InChI is InChI=1S/C29H32N2O7/c1-2-13-36-22-6-3-5-20(18-22)26-25(27(32)21-7-8-23-24(19-21)38-17-16-37-23)28(33)29(34)31(26)10-4-9-30-11-14-35-15-12-30/h2-3,5-8,18-19,26,32H,1,4,9-17H2/b27-25+. The van der Waals surface area contributed by atoms with Gasteiger partial charge >= 0.3 is 0 Å². The number of hydrogen-bond donors (Lipinski definition) is 1. The topological polar surface area (TPSA) is 102 Å². The van der Waals surface area contributed by atoms with Crippen LogP contribution in [0.2, 0.25) is 0 Å². The van der Waals surface area contributed by atoms with E-state index in [0.717, 1.165) is 32.8 Å². The maximum atomic E-state index is 13.8. The van der Waals surface area contributed by atoms with Crippen molar-refractivity contribution in [1.29, 1.82) is 0 Å². The average Bonchev–Trinajstić information content (AvgIpc) is 3.21. The zero-order chi connectivity index (χ0) is 26.5. The summed E-state index contributed by atoms with van der Waals surface area (Å²) in [5.74, 6) is -0.373. The van der Waals surface area contributed by atoms with Gasteiger partial charge in [-0.3, -0.25) is 9.59 Å². The molecule has 1 atom stereocenters. The Bertz CT molecular complexity index is 1240. The summed E-state index contributed by atoms with van der Waals surface area (Å²) in [5, 5.41) is 13.8. The third-order valence-corrected chi connectivity index (χ3v) is 7.00. The van der Waals surface area contributed by atoms with Crippen LogP contribution in [0.4, 0.5) is 0 Å². The van der Waals surface area contributed by atoms with E-state index in [9.17, 15) is 14.7 Å². The molecule has 0 radical (unpaired) electrons. The first-order chi connectivity index (χ1) is 18.6. The van der Waals surface area contributed by atoms with Crippen LogP contribution in [0.5, 0.6) is 17.2 Å². The van der Waals surface area contributed by atoms with Crippen molar-refractivity contribution in [1.82, 2.24) is 4.90 Å². The average molecular weight is 521 g/mol. The van der Waals surface area contributed by atoms with E-state index in [0.29, 0.717) is 55.6 Å². The number of hydrogen-bond acceptors (Lipinski definition) is 7. The van der Waals surface area contributed by atoms with E-state index in [2.05, 4.69) is 6.58 Å². The first-order valence-corrected chi connectivity index (χ1v) is 13.0. The third-order valence-electron chi connectivity index (χ3n) is 7.00. The first-order valence-electron chi connectivity index (χ1n) is 13.0. The Balaban J connectivity index is 1.49. The van der Waals surface area contributed by atoms with Gasteiger partial charge in [0.15, 0.2) is 11.5 Å². The highest BCUT2D eigenvalue weighted by molar-refractivity contribution is 6.46. The van der Waals surface area contributed by atoms with E-state index in [1.807, 2.05) is 6.07 Å². The summed E-state index contributed by atoms with van der Waals surface area (Å²) in [6, 6.07) is 11.2. The van der Waals surface area contributed by atoms with Gasteiger partial charge in [-0.05, 0) is 35.4 Å². The molecular formula is C29H32N2O7. The van der Waals surface area contributed by atoms with Crippen LogP contribution in [0.25, 0.3) is 5.76 Å². The van der Waals surface area contributed by atoms with Crippen LogP contribution < -0.4 is 24.2 Å². The lowest BCUT2D eigenvalue weighted by Gasteiger charge is -2.29. The van der Waals surface area contributed by atoms with Crippen LogP contribution in [-0.2, 0) is 14.3 Å². The molecule has 1 amide bonds. The maximum Gasteiger partial charge on any atom is 0.295 e. The molecule has 0 aromatic heterocycles. The quantitative estimate of drug-likeness (QED) is 0.223. The minimum absolute atomic E-state index is 0.0636. The number of carbonyl (C=O) groups excluding carboxylic acids is 2. The smallest absolute Gasteiger partial charge is 0.295 e. The molecule has 2 saturated heterocycles. The lowest BCUT2D eigenvalue weighted by atomic mass is 9.95. The molecule has 1 unspecified atom stereocenters. The van der Waals surface area contributed by atoms with Gasteiger partial charge in [0.05, 0.1) is 25.8 Å². The molecule has 0 saturated carbocycles. The van der Waals surface area contributed by atoms with Crippen LogP contribution in [0.15, 0.2) is 60.7 Å². The third kappa shape index (κ3) is 5.39. The molecule has 2 fully saturated rings. The number of rotatable bonds is 9. The van der Waals surface area contributed by atoms with Crippen molar-refractivity contribution < 1.29 is 38.5 Å². The molecule has 3 aliphatic rings. The fourth-order valence-corrected chi connectivity index (χ4v) is 5.13. The molecule has 9 nitrogen and oxygen atoms in total. The van der Waals surface area contributed by atoms with E-state index in [1.165, 1.54) is 9.80 Å². The Labute approximate surface area is 221 Å². The summed E-state index contributed by atoms with van der Waals surface area (Å²) >= 11 is 0. The Morgan fingerprint density at radius 1 is 1.08 bits per heavy atom. The van der Waals surface area contributed by atoms with Gasteiger partial charge in [0.2, 0.25) is 5.78 Å². The Morgan fingerprint density at radius 2 is 1.87 bits per heavy atom. The van der Waals surface area contributed by atoms with E-state index in [-0.39, 0.29) is 11.1 Å². The van der Waals surface area contributed by atoms with Gasteiger partial charge in [-0.2, -0.15) is 0 Å². The highest BCUT2D eigenvalue weighted by Crippen LogP contribution is 2.41. The second-order valence-corrected chi connectivity index (χ2v) is 9.47. The van der Waals surface area contributed by atoms with E-state index in [4.69, 9.17) is 18.9 Å². The molecule has 2 aromatic rings. The number of nitrogens with zero attached hydrogens (tertiary/aromatic N) is 1. The molecule has 3 heterocycles. The van der Waals surface area contributed by atoms with Crippen molar-refractivity contribution in [3.05, 3.63) is 71.8 Å². The lowest BCUT2D eigenvalue weighted by molar-refractivity contribution is -0.908. The molecule has 3 aliphatic heterocycles. The van der Waals surface area contributed by atoms with Crippen LogP contribution in [-0.4, -0.2) is 75.8 Å². The number of amides is 1. The molecule has 0 bridgehead atoms. The number of Topliss-reactive ketones (excluding diaryl/α,β-unsaturated/α-hetero) is 1. The van der Waals surface area contributed by atoms with Crippen molar-refractivity contribution in [2.75, 3.05) is 59.2 Å². The van der Waals surface area contributed by atoms with E-state index >= 15 is 0 Å². The number of ketones is 1. The minimum Gasteiger partial charge on any atom is -0.872 e. The summed E-state index contributed by atoms with van der Waals surface area (Å²) in [6.45, 7) is 9.27. The summed E-state index contributed by atoms with van der Waals surface area (Å²) < 4.78 is 22.3. The Hall–Kier alpha value is -3.82. The van der Waals surface area contributed by atoms with Gasteiger partial charge in [0, 0.05) is 18.5 Å². The SMILES string of the molecule is C=CCOc1cccc(C2/C(=C(\[O-])c3ccc4c(c3)OCCO4)C(=O)C(=O)N2CCC[NH+]2CCOCC2)c1. The van der Waals surface area contributed by atoms with Gasteiger partial charge in [-0.25, -0.2) is 0 Å². The second-order valence-electron chi connectivity index (χ2n) is 9.47. The Morgan fingerprint density at radius 3 is 2.66 bits per heavy atom. The fourth-order valence-electron chi connectivity index (χ4n) is 5.13. The summed E-state index contributed by atoms with van der Waals surface area (Å²) in [6.07, 6.45) is 2.33. The molecule has 5 rings (SSSR count). The molecule has 38 heavy (non-hydrogen) atoms. The molecule has 0 spiro atoms. The number of carbonyl (C=O) groups is 2. The van der Waals surface area contributed by atoms with Gasteiger partial charge < -0.3 is 33.9 Å². The molecule has 1 N–H and O–H groups in total. The van der Waals surface area contributed by atoms with Crippen LogP contribution in [0.1, 0.15) is 23.6 Å². The Kier molecular flexibility index (Phi) is 7.95. The number of fused-ring (bicyclic) bond motifs is 1. The number of likely N-dealkylation sites (tertiary alicyclic amines) is 1. The van der Waals surface area contributed by atoms with Gasteiger partial charge in [0.1, 0.15) is 38.7 Å². The predicted molar refractivity (Wildman–Crippen MR) is 137 cm³/mol. The maximum absolute atomic E-state index is 13.8. The second kappa shape index (κ2) is 11.7. The normalized spacial score (nSPS) is 20.9. The van der Waals surface area contributed by atoms with Crippen molar-refractivity contribution in [3.63, 3.8) is 0 Å². The van der Waals surface area contributed by atoms with E-state index < -0.39 is 23.5 Å². The van der Waals surface area contributed by atoms with Crippen LogP contribution in [0.3, 0.4) is 0 Å². The van der Waals surface area contributed by atoms with Gasteiger partial charge in [-0.15, -0.1) is 0 Å². The zero-order valence-corrected chi connectivity index (χ0v) is 21.3. The molecule has 2 aromatic carbocycles. The fraction of sp³-hybridized carbons (Fsp3) is 0.379. The lowest BCUT2D eigenvalue weighted by Crippen LogP contribution is -3.14. The highest BCUT2D eigenvalue weighted by atomic mass is 16.6. The van der Waals surface area contributed by atoms with Crippen molar-refractivity contribution in [2.45, 2.75) is 12.5 Å². The molecule has 0 aliphatic carbocycles. The molecular weight excluding hydrogens is 488 g/mol. The summed E-state index contributed by atoms with van der Waals surface area (Å²) in [7, 11) is 0. The van der Waals surface area contributed by atoms with Crippen LogP contribution in [0, 0.1) is 0 Å². The number of ether oxygens (including phenoxy) is 4. The van der Waals surface area contributed by atoms with Gasteiger partial charge in [0.25, 0.3) is 5.91 Å². The van der Waals surface area contributed by atoms with Crippen LogP contribution >= 0.6 is 0 Å². The zero-order valence-electron chi connectivity index (χ0n) is 21.3. The number of morpholine rings is 1. The summed E-state index contributed by atoms with van der Waals surface area (Å²) in [5.41, 5.74) is 0.853. The number of nitrogens with one attached hydrogen (secondary N) is 1. The number of quaternary nitrogens is 1. The summed E-state index contributed by atoms with van der Waals surface area (Å²) in [4.78, 5) is 29.6. The van der Waals surface area contributed by atoms with Crippen molar-refractivity contribution >= 4 is 17.4 Å². The van der Waals surface area contributed by atoms with Crippen molar-refractivity contribution in [3.8, 4) is 17.2 Å². The number of benzene rings is 2. The van der Waals surface area contributed by atoms with E-state index in [1.54, 1.807) is 42.5 Å².